The minimum absolute atomic E-state index is 0.0611. The monoisotopic (exact) mass is 339 g/mol. The number of para-hydroxylation sites is 1. The van der Waals surface area contributed by atoms with Gasteiger partial charge in [0.2, 0.25) is 0 Å². The van der Waals surface area contributed by atoms with Crippen molar-refractivity contribution in [2.75, 3.05) is 13.2 Å². The number of hydrogen-bond donors (Lipinski definition) is 1. The average Bonchev–Trinajstić information content (AvgIpc) is 2.99. The third kappa shape index (κ3) is 3.42. The zero-order chi connectivity index (χ0) is 17.8. The number of nitrogens with one attached hydrogen (secondary N) is 1. The quantitative estimate of drug-likeness (QED) is 0.748. The zero-order valence-electron chi connectivity index (χ0n) is 14.4. The molecule has 0 spiro atoms. The molecule has 0 fully saturated rings. The highest BCUT2D eigenvalue weighted by molar-refractivity contribution is 5.96. The second-order valence-corrected chi connectivity index (χ2v) is 5.73. The van der Waals surface area contributed by atoms with Crippen molar-refractivity contribution in [3.63, 3.8) is 0 Å². The Bertz CT molecular complexity index is 956. The highest BCUT2D eigenvalue weighted by atomic mass is 16.5. The van der Waals surface area contributed by atoms with Gasteiger partial charge >= 0.3 is 0 Å². The summed E-state index contributed by atoms with van der Waals surface area (Å²) in [6.45, 7) is 3.13. The summed E-state index contributed by atoms with van der Waals surface area (Å²) in [4.78, 5) is 24.9. The zero-order valence-corrected chi connectivity index (χ0v) is 14.4. The van der Waals surface area contributed by atoms with Gasteiger partial charge in [-0.2, -0.15) is 0 Å². The van der Waals surface area contributed by atoms with E-state index in [0.29, 0.717) is 36.5 Å². The van der Waals surface area contributed by atoms with Gasteiger partial charge < -0.3 is 19.2 Å². The summed E-state index contributed by atoms with van der Waals surface area (Å²) in [5.41, 5.74) is 1.10. The second kappa shape index (κ2) is 7.25. The van der Waals surface area contributed by atoms with Crippen molar-refractivity contribution in [2.45, 2.75) is 13.5 Å². The van der Waals surface area contributed by atoms with Gasteiger partial charge in [-0.3, -0.25) is 9.59 Å². The summed E-state index contributed by atoms with van der Waals surface area (Å²) in [6.07, 6.45) is 3.62. The van der Waals surface area contributed by atoms with Crippen molar-refractivity contribution in [3.05, 3.63) is 64.7 Å². The van der Waals surface area contributed by atoms with Gasteiger partial charge in [-0.05, 0) is 31.2 Å². The van der Waals surface area contributed by atoms with Gasteiger partial charge in [-0.25, -0.2) is 0 Å². The Labute approximate surface area is 145 Å². The van der Waals surface area contributed by atoms with Crippen LogP contribution in [0.4, 0.5) is 0 Å². The van der Waals surface area contributed by atoms with E-state index in [1.54, 1.807) is 29.0 Å². The summed E-state index contributed by atoms with van der Waals surface area (Å²) in [5.74, 6) is 0.349. The Balaban J connectivity index is 1.69. The van der Waals surface area contributed by atoms with Crippen molar-refractivity contribution >= 4 is 16.8 Å². The molecule has 0 radical (unpaired) electrons. The van der Waals surface area contributed by atoms with E-state index in [9.17, 15) is 9.59 Å². The molecule has 0 atom stereocenters. The SMILES string of the molecule is CCOc1ccccc1C(=O)NCCn1ccc2ccn(C)c2c1=O. The predicted octanol–water partition coefficient (Wildman–Crippen LogP) is 2.17. The van der Waals surface area contributed by atoms with Crippen LogP contribution in [-0.4, -0.2) is 28.2 Å². The summed E-state index contributed by atoms with van der Waals surface area (Å²) < 4.78 is 8.89. The van der Waals surface area contributed by atoms with Crippen molar-refractivity contribution in [1.82, 2.24) is 14.5 Å². The Morgan fingerprint density at radius 1 is 1.16 bits per heavy atom. The van der Waals surface area contributed by atoms with E-state index >= 15 is 0 Å². The van der Waals surface area contributed by atoms with Crippen LogP contribution >= 0.6 is 0 Å². The molecule has 2 heterocycles. The van der Waals surface area contributed by atoms with Gasteiger partial charge in [-0.15, -0.1) is 0 Å². The van der Waals surface area contributed by atoms with E-state index in [0.717, 1.165) is 5.39 Å². The van der Waals surface area contributed by atoms with E-state index in [-0.39, 0.29) is 11.5 Å². The van der Waals surface area contributed by atoms with Crippen LogP contribution in [0.25, 0.3) is 10.9 Å². The number of aryl methyl sites for hydroxylation is 1. The first-order chi connectivity index (χ1) is 12.1. The largest absolute Gasteiger partial charge is 0.493 e. The standard InChI is InChI=1S/C19H21N3O3/c1-3-25-16-7-5-4-6-15(16)18(23)20-10-13-22-12-9-14-8-11-21(2)17(14)19(22)24/h4-9,11-12H,3,10,13H2,1-2H3,(H,20,23). The maximum Gasteiger partial charge on any atom is 0.275 e. The lowest BCUT2D eigenvalue weighted by atomic mass is 10.2. The normalized spacial score (nSPS) is 10.8. The van der Waals surface area contributed by atoms with Gasteiger partial charge in [0, 0.05) is 37.9 Å². The first kappa shape index (κ1) is 16.8. The van der Waals surface area contributed by atoms with Crippen LogP contribution < -0.4 is 15.6 Å². The molecule has 2 aromatic heterocycles. The highest BCUT2D eigenvalue weighted by Crippen LogP contribution is 2.17. The molecule has 0 unspecified atom stereocenters. The summed E-state index contributed by atoms with van der Waals surface area (Å²) in [6, 6.07) is 10.9. The van der Waals surface area contributed by atoms with Gasteiger partial charge in [-0.1, -0.05) is 12.1 Å². The van der Waals surface area contributed by atoms with Crippen molar-refractivity contribution in [1.29, 1.82) is 0 Å². The van der Waals surface area contributed by atoms with Gasteiger partial charge in [0.25, 0.3) is 11.5 Å². The summed E-state index contributed by atoms with van der Waals surface area (Å²) >= 11 is 0. The number of amides is 1. The number of pyridine rings is 1. The third-order valence-electron chi connectivity index (χ3n) is 4.07. The molecule has 6 heteroatoms. The molecule has 1 amide bonds. The van der Waals surface area contributed by atoms with Crippen LogP contribution in [0.1, 0.15) is 17.3 Å². The Hall–Kier alpha value is -3.02. The Kier molecular flexibility index (Phi) is 4.88. The number of hydrogen-bond acceptors (Lipinski definition) is 3. The molecule has 0 aliphatic rings. The summed E-state index contributed by atoms with van der Waals surface area (Å²) in [7, 11) is 1.85. The number of benzene rings is 1. The molecule has 0 aliphatic heterocycles. The van der Waals surface area contributed by atoms with E-state index in [1.807, 2.05) is 42.9 Å². The molecule has 0 saturated heterocycles. The summed E-state index contributed by atoms with van der Waals surface area (Å²) in [5, 5.41) is 3.76. The number of rotatable bonds is 6. The highest BCUT2D eigenvalue weighted by Gasteiger charge is 2.11. The number of aromatic nitrogens is 2. The Morgan fingerprint density at radius 2 is 1.92 bits per heavy atom. The lowest BCUT2D eigenvalue weighted by molar-refractivity contribution is 0.0948. The molecular weight excluding hydrogens is 318 g/mol. The van der Waals surface area contributed by atoms with Crippen molar-refractivity contribution < 1.29 is 9.53 Å². The van der Waals surface area contributed by atoms with E-state index in [1.165, 1.54) is 0 Å². The molecular formula is C19H21N3O3. The number of carbonyl (C=O) groups is 1. The van der Waals surface area contributed by atoms with E-state index in [4.69, 9.17) is 4.74 Å². The maximum atomic E-state index is 12.5. The minimum atomic E-state index is -0.211. The topological polar surface area (TPSA) is 65.3 Å². The molecule has 6 nitrogen and oxygen atoms in total. The molecule has 3 rings (SSSR count). The van der Waals surface area contributed by atoms with E-state index in [2.05, 4.69) is 5.32 Å². The van der Waals surface area contributed by atoms with Crippen molar-refractivity contribution in [2.24, 2.45) is 7.05 Å². The number of carbonyl (C=O) groups excluding carboxylic acids is 1. The second-order valence-electron chi connectivity index (χ2n) is 5.73. The lowest BCUT2D eigenvalue weighted by Crippen LogP contribution is -2.31. The minimum Gasteiger partial charge on any atom is -0.493 e. The number of nitrogens with zero attached hydrogens (tertiary/aromatic N) is 2. The van der Waals surface area contributed by atoms with Crippen LogP contribution in [-0.2, 0) is 13.6 Å². The van der Waals surface area contributed by atoms with Gasteiger partial charge in [0.15, 0.2) is 0 Å². The fourth-order valence-electron chi connectivity index (χ4n) is 2.83. The van der Waals surface area contributed by atoms with Crippen LogP contribution in [0.3, 0.4) is 0 Å². The smallest absolute Gasteiger partial charge is 0.275 e. The van der Waals surface area contributed by atoms with Crippen LogP contribution in [0.2, 0.25) is 0 Å². The van der Waals surface area contributed by atoms with Crippen LogP contribution in [0.5, 0.6) is 5.75 Å². The fourth-order valence-corrected chi connectivity index (χ4v) is 2.83. The molecule has 0 bridgehead atoms. The average molecular weight is 339 g/mol. The molecule has 3 aromatic rings. The first-order valence-electron chi connectivity index (χ1n) is 8.26. The third-order valence-corrected chi connectivity index (χ3v) is 4.07. The Morgan fingerprint density at radius 3 is 2.72 bits per heavy atom. The molecule has 0 saturated carbocycles. The van der Waals surface area contributed by atoms with Gasteiger partial charge in [0.1, 0.15) is 11.3 Å². The van der Waals surface area contributed by atoms with Crippen LogP contribution in [0, 0.1) is 0 Å². The molecule has 130 valence electrons. The molecule has 1 N–H and O–H groups in total. The van der Waals surface area contributed by atoms with E-state index < -0.39 is 0 Å². The maximum absolute atomic E-state index is 12.5. The number of fused-ring (bicyclic) bond motifs is 1. The predicted molar refractivity (Wildman–Crippen MR) is 97.1 cm³/mol. The van der Waals surface area contributed by atoms with Crippen LogP contribution in [0.15, 0.2) is 53.6 Å². The first-order valence-corrected chi connectivity index (χ1v) is 8.26. The van der Waals surface area contributed by atoms with Crippen molar-refractivity contribution in [3.8, 4) is 5.75 Å². The molecule has 0 aliphatic carbocycles. The fraction of sp³-hybridized carbons (Fsp3) is 0.263. The number of ether oxygens (including phenoxy) is 1. The molecule has 1 aromatic carbocycles. The lowest BCUT2D eigenvalue weighted by Gasteiger charge is -2.11. The molecule has 25 heavy (non-hydrogen) atoms. The van der Waals surface area contributed by atoms with Gasteiger partial charge in [0.05, 0.1) is 12.2 Å².